The Bertz CT molecular complexity index is 813. The summed E-state index contributed by atoms with van der Waals surface area (Å²) in [5, 5.41) is 9.78. The van der Waals surface area contributed by atoms with E-state index in [9.17, 15) is 14.4 Å². The lowest BCUT2D eigenvalue weighted by Crippen LogP contribution is -2.33. The lowest BCUT2D eigenvalue weighted by Gasteiger charge is -2.32. The van der Waals surface area contributed by atoms with Crippen molar-refractivity contribution in [2.24, 2.45) is 5.73 Å². The molecule has 2 aromatic rings. The van der Waals surface area contributed by atoms with Gasteiger partial charge in [-0.3, -0.25) is 5.21 Å². The minimum atomic E-state index is -1.01. The number of nitrogens with two attached hydrogens (primary N) is 1. The predicted molar refractivity (Wildman–Crippen MR) is 95.7 cm³/mol. The number of rotatable bonds is 5. The first-order valence-corrected chi connectivity index (χ1v) is 8.43. The highest BCUT2D eigenvalue weighted by molar-refractivity contribution is 5.70. The van der Waals surface area contributed by atoms with Crippen molar-refractivity contribution in [3.63, 3.8) is 0 Å². The minimum absolute atomic E-state index is 0.244. The molecule has 2 amide bonds. The fourth-order valence-electron chi connectivity index (χ4n) is 3.28. The number of ether oxygens (including phenoxy) is 1. The van der Waals surface area contributed by atoms with Gasteiger partial charge in [0.05, 0.1) is 13.7 Å². The molecule has 1 aliphatic rings. The van der Waals surface area contributed by atoms with Crippen LogP contribution in [-0.2, 0) is 19.5 Å². The van der Waals surface area contributed by atoms with Gasteiger partial charge in [0.1, 0.15) is 11.6 Å². The van der Waals surface area contributed by atoms with Crippen LogP contribution >= 0.6 is 0 Å². The van der Waals surface area contributed by atoms with E-state index in [1.807, 2.05) is 30.3 Å². The van der Waals surface area contributed by atoms with Gasteiger partial charge in [-0.25, -0.2) is 14.2 Å². The molecular weight excluding hydrogens is 337 g/mol. The minimum Gasteiger partial charge on any atom is -0.497 e. The molecule has 138 valence electrons. The third kappa shape index (κ3) is 3.72. The molecule has 0 fully saturated rings. The number of carbonyl (C=O) groups excluding carboxylic acids is 1. The number of halogens is 1. The molecule has 3 rings (SSSR count). The van der Waals surface area contributed by atoms with Crippen molar-refractivity contribution in [1.82, 2.24) is 5.06 Å². The second-order valence-electron chi connectivity index (χ2n) is 6.31. The maximum atomic E-state index is 14.9. The Labute approximate surface area is 151 Å². The van der Waals surface area contributed by atoms with E-state index < -0.39 is 11.8 Å². The molecule has 0 radical (unpaired) electrons. The number of methoxy groups -OCH3 is 1. The molecule has 0 aromatic heterocycles. The van der Waals surface area contributed by atoms with Crippen LogP contribution in [0.3, 0.4) is 0 Å². The molecule has 7 heteroatoms. The normalized spacial score (nSPS) is 13.3. The second kappa shape index (κ2) is 7.61. The lowest BCUT2D eigenvalue weighted by atomic mass is 9.97. The van der Waals surface area contributed by atoms with Crippen LogP contribution in [0.1, 0.15) is 23.1 Å². The van der Waals surface area contributed by atoms with Gasteiger partial charge in [-0.2, -0.15) is 0 Å². The fraction of sp³-hybridized carbons (Fsp3) is 0.316. The summed E-state index contributed by atoms with van der Waals surface area (Å²) in [5.41, 5.74) is 7.77. The monoisotopic (exact) mass is 359 g/mol. The summed E-state index contributed by atoms with van der Waals surface area (Å²) in [4.78, 5) is 13.1. The number of hydroxylamine groups is 2. The van der Waals surface area contributed by atoms with Gasteiger partial charge in [0, 0.05) is 29.9 Å². The molecule has 0 bridgehead atoms. The largest absolute Gasteiger partial charge is 0.497 e. The van der Waals surface area contributed by atoms with Gasteiger partial charge in [0.2, 0.25) is 0 Å². The molecule has 0 atom stereocenters. The van der Waals surface area contributed by atoms with E-state index >= 15 is 0 Å². The summed E-state index contributed by atoms with van der Waals surface area (Å²) in [7, 11) is 1.63. The number of urea groups is 1. The van der Waals surface area contributed by atoms with E-state index in [1.165, 1.54) is 0 Å². The van der Waals surface area contributed by atoms with Crippen molar-refractivity contribution in [1.29, 1.82) is 0 Å². The molecular formula is C19H22FN3O3. The maximum absolute atomic E-state index is 14.9. The van der Waals surface area contributed by atoms with E-state index in [0.29, 0.717) is 23.6 Å². The van der Waals surface area contributed by atoms with Gasteiger partial charge in [0.15, 0.2) is 0 Å². The summed E-state index contributed by atoms with van der Waals surface area (Å²) in [6.45, 7) is 1.21. The Morgan fingerprint density at radius 3 is 2.92 bits per heavy atom. The quantitative estimate of drug-likeness (QED) is 0.635. The van der Waals surface area contributed by atoms with Crippen molar-refractivity contribution >= 4 is 11.7 Å². The number of nitrogens with zero attached hydrogens (tertiary/aromatic N) is 2. The number of primary amides is 1. The van der Waals surface area contributed by atoms with Gasteiger partial charge >= 0.3 is 6.03 Å². The van der Waals surface area contributed by atoms with Crippen LogP contribution in [0.5, 0.6) is 5.75 Å². The Morgan fingerprint density at radius 1 is 1.38 bits per heavy atom. The highest BCUT2D eigenvalue weighted by atomic mass is 19.1. The number of amides is 2. The Morgan fingerprint density at radius 2 is 2.19 bits per heavy atom. The van der Waals surface area contributed by atoms with Crippen LogP contribution < -0.4 is 15.4 Å². The lowest BCUT2D eigenvalue weighted by molar-refractivity contribution is -0.0477. The molecule has 0 unspecified atom stereocenters. The predicted octanol–water partition coefficient (Wildman–Crippen LogP) is 3.06. The van der Waals surface area contributed by atoms with E-state index in [4.69, 9.17) is 10.5 Å². The van der Waals surface area contributed by atoms with Crippen LogP contribution in [-0.4, -0.2) is 30.0 Å². The van der Waals surface area contributed by atoms with Crippen molar-refractivity contribution < 1.29 is 19.1 Å². The zero-order chi connectivity index (χ0) is 18.7. The van der Waals surface area contributed by atoms with Gasteiger partial charge < -0.3 is 15.4 Å². The van der Waals surface area contributed by atoms with Gasteiger partial charge in [-0.05, 0) is 36.6 Å². The van der Waals surface area contributed by atoms with Crippen molar-refractivity contribution in [2.45, 2.75) is 25.9 Å². The molecule has 1 heterocycles. The third-order valence-corrected chi connectivity index (χ3v) is 4.58. The average molecular weight is 359 g/mol. The van der Waals surface area contributed by atoms with Crippen LogP contribution in [0.25, 0.3) is 0 Å². The number of hydrogen-bond donors (Lipinski definition) is 2. The SMILES string of the molecule is COc1cccc(CN2CCCc3c2ccc(CN(O)C(N)=O)c3F)c1. The number of carbonyl (C=O) groups is 1. The fourth-order valence-corrected chi connectivity index (χ4v) is 3.28. The summed E-state index contributed by atoms with van der Waals surface area (Å²) < 4.78 is 20.1. The van der Waals surface area contributed by atoms with E-state index in [2.05, 4.69) is 4.90 Å². The highest BCUT2D eigenvalue weighted by Crippen LogP contribution is 2.32. The molecule has 0 aliphatic carbocycles. The van der Waals surface area contributed by atoms with Crippen LogP contribution in [0.15, 0.2) is 36.4 Å². The molecule has 3 N–H and O–H groups in total. The summed E-state index contributed by atoms with van der Waals surface area (Å²) in [6, 6.07) is 10.2. The molecule has 0 saturated carbocycles. The molecule has 0 spiro atoms. The first-order valence-electron chi connectivity index (χ1n) is 8.43. The van der Waals surface area contributed by atoms with Crippen molar-refractivity contribution in [3.8, 4) is 5.75 Å². The van der Waals surface area contributed by atoms with Crippen LogP contribution in [0.2, 0.25) is 0 Å². The van der Waals surface area contributed by atoms with Crippen molar-refractivity contribution in [2.75, 3.05) is 18.6 Å². The first kappa shape index (κ1) is 18.0. The van der Waals surface area contributed by atoms with Crippen LogP contribution in [0.4, 0.5) is 14.9 Å². The summed E-state index contributed by atoms with van der Waals surface area (Å²) in [5.74, 6) is 0.397. The Kier molecular flexibility index (Phi) is 5.27. The van der Waals surface area contributed by atoms with Gasteiger partial charge in [0.25, 0.3) is 0 Å². The number of benzene rings is 2. The van der Waals surface area contributed by atoms with E-state index in [1.54, 1.807) is 13.2 Å². The number of fused-ring (bicyclic) bond motifs is 1. The average Bonchev–Trinajstić information content (AvgIpc) is 2.64. The maximum Gasteiger partial charge on any atom is 0.338 e. The van der Waals surface area contributed by atoms with E-state index in [0.717, 1.165) is 30.0 Å². The standard InChI is InChI=1S/C19H22FN3O3/c1-26-15-5-2-4-13(10-15)11-22-9-3-6-16-17(22)8-7-14(18(16)20)12-23(25)19(21)24/h2,4-5,7-8,10,25H,3,6,9,11-12H2,1H3,(H2,21,24). The Balaban J connectivity index is 1.85. The van der Waals surface area contributed by atoms with Crippen LogP contribution in [0, 0.1) is 5.82 Å². The topological polar surface area (TPSA) is 79.0 Å². The van der Waals surface area contributed by atoms with Gasteiger partial charge in [-0.15, -0.1) is 0 Å². The summed E-state index contributed by atoms with van der Waals surface area (Å²) in [6.07, 6.45) is 1.45. The number of hydrogen-bond acceptors (Lipinski definition) is 4. The molecule has 2 aromatic carbocycles. The number of anilines is 1. The Hall–Kier alpha value is -2.80. The molecule has 26 heavy (non-hydrogen) atoms. The second-order valence-corrected chi connectivity index (χ2v) is 6.31. The molecule has 6 nitrogen and oxygen atoms in total. The zero-order valence-electron chi connectivity index (χ0n) is 14.6. The smallest absolute Gasteiger partial charge is 0.338 e. The molecule has 0 saturated heterocycles. The zero-order valence-corrected chi connectivity index (χ0v) is 14.6. The molecule has 1 aliphatic heterocycles. The first-order chi connectivity index (χ1) is 12.5. The van der Waals surface area contributed by atoms with Crippen molar-refractivity contribution in [3.05, 3.63) is 58.9 Å². The highest BCUT2D eigenvalue weighted by Gasteiger charge is 2.23. The third-order valence-electron chi connectivity index (χ3n) is 4.58. The van der Waals surface area contributed by atoms with Gasteiger partial charge in [-0.1, -0.05) is 18.2 Å². The summed E-state index contributed by atoms with van der Waals surface area (Å²) >= 11 is 0. The van der Waals surface area contributed by atoms with E-state index in [-0.39, 0.29) is 12.1 Å².